The maximum atomic E-state index is 13.6. The summed E-state index contributed by atoms with van der Waals surface area (Å²) in [6, 6.07) is 4.36. The molecule has 17 heavy (non-hydrogen) atoms. The molecule has 88 valence electrons. The Morgan fingerprint density at radius 1 is 1.35 bits per heavy atom. The lowest BCUT2D eigenvalue weighted by Crippen LogP contribution is -2.11. The van der Waals surface area contributed by atoms with Crippen molar-refractivity contribution >= 4 is 23.2 Å². The van der Waals surface area contributed by atoms with E-state index in [2.05, 4.69) is 16.8 Å². The fourth-order valence-corrected chi connectivity index (χ4v) is 1.86. The molecule has 0 N–H and O–H groups in total. The molecular formula is C12H11F2N3. The van der Waals surface area contributed by atoms with Crippen molar-refractivity contribution in [2.45, 2.75) is 6.92 Å². The van der Waals surface area contributed by atoms with Gasteiger partial charge in [0.2, 0.25) is 5.95 Å². The van der Waals surface area contributed by atoms with Gasteiger partial charge >= 0.3 is 0 Å². The molecule has 0 radical (unpaired) electrons. The van der Waals surface area contributed by atoms with Crippen molar-refractivity contribution in [1.82, 2.24) is 4.98 Å². The largest absolute Gasteiger partial charge is 0.267 e. The molecule has 0 saturated heterocycles. The van der Waals surface area contributed by atoms with Gasteiger partial charge in [-0.15, -0.1) is 0 Å². The fourth-order valence-electron chi connectivity index (χ4n) is 1.86. The van der Waals surface area contributed by atoms with E-state index in [1.54, 1.807) is 20.0 Å². The standard InChI is InChI=1S/C12H11F2N3/c1-7-11(17(3)15-2)8-5-4-6-9(13)10(8)12(14)16-7/h4-6H,2H2,1,3H3. The SMILES string of the molecule is C=NN(C)c1c(C)nc(F)c2c(F)cccc12. The molecule has 2 aromatic rings. The Kier molecular flexibility index (Phi) is 2.75. The van der Waals surface area contributed by atoms with E-state index in [4.69, 9.17) is 0 Å². The van der Waals surface area contributed by atoms with Crippen molar-refractivity contribution in [1.29, 1.82) is 0 Å². The number of halogens is 2. The minimum Gasteiger partial charge on any atom is -0.267 e. The predicted octanol–water partition coefficient (Wildman–Crippen LogP) is 2.87. The zero-order valence-corrected chi connectivity index (χ0v) is 9.54. The molecule has 0 atom stereocenters. The van der Waals surface area contributed by atoms with Crippen molar-refractivity contribution in [2.24, 2.45) is 5.10 Å². The van der Waals surface area contributed by atoms with Crippen molar-refractivity contribution in [3.05, 3.63) is 35.7 Å². The van der Waals surface area contributed by atoms with E-state index >= 15 is 0 Å². The number of hydrazone groups is 1. The summed E-state index contributed by atoms with van der Waals surface area (Å²) in [6.45, 7) is 5.03. The van der Waals surface area contributed by atoms with Gasteiger partial charge in [-0.2, -0.15) is 9.49 Å². The third-order valence-corrected chi connectivity index (χ3v) is 2.62. The fraction of sp³-hybridized carbons (Fsp3) is 0.167. The molecular weight excluding hydrogens is 224 g/mol. The molecule has 0 bridgehead atoms. The van der Waals surface area contributed by atoms with Gasteiger partial charge in [0.1, 0.15) is 5.82 Å². The quantitative estimate of drug-likeness (QED) is 0.455. The van der Waals surface area contributed by atoms with Gasteiger partial charge in [-0.25, -0.2) is 9.37 Å². The summed E-state index contributed by atoms with van der Waals surface area (Å²) in [7, 11) is 1.65. The summed E-state index contributed by atoms with van der Waals surface area (Å²) in [4.78, 5) is 3.70. The number of fused-ring (bicyclic) bond motifs is 1. The molecule has 0 saturated carbocycles. The minimum absolute atomic E-state index is 0.122. The van der Waals surface area contributed by atoms with Crippen LogP contribution in [0.3, 0.4) is 0 Å². The van der Waals surface area contributed by atoms with Gasteiger partial charge in [0.25, 0.3) is 0 Å². The normalized spacial score (nSPS) is 10.6. The Hall–Kier alpha value is -2.04. The Morgan fingerprint density at radius 3 is 2.71 bits per heavy atom. The summed E-state index contributed by atoms with van der Waals surface area (Å²) in [5.41, 5.74) is 0.992. The highest BCUT2D eigenvalue weighted by atomic mass is 19.1. The summed E-state index contributed by atoms with van der Waals surface area (Å²) in [6.07, 6.45) is 0. The topological polar surface area (TPSA) is 28.5 Å². The van der Waals surface area contributed by atoms with E-state index in [9.17, 15) is 8.78 Å². The van der Waals surface area contributed by atoms with Crippen molar-refractivity contribution in [2.75, 3.05) is 12.1 Å². The molecule has 0 spiro atoms. The minimum atomic E-state index is -0.809. The number of aryl methyl sites for hydroxylation is 1. The predicted molar refractivity (Wildman–Crippen MR) is 64.3 cm³/mol. The smallest absolute Gasteiger partial charge is 0.224 e. The average molecular weight is 235 g/mol. The van der Waals surface area contributed by atoms with Crippen LogP contribution in [0.25, 0.3) is 10.8 Å². The second-order valence-corrected chi connectivity index (χ2v) is 3.66. The number of aromatic nitrogens is 1. The van der Waals surface area contributed by atoms with Crippen LogP contribution in [0.15, 0.2) is 23.3 Å². The van der Waals surface area contributed by atoms with Gasteiger partial charge in [0.05, 0.1) is 16.8 Å². The Balaban J connectivity index is 2.93. The van der Waals surface area contributed by atoms with Crippen LogP contribution in [0.1, 0.15) is 5.69 Å². The Labute approximate surface area is 97.4 Å². The van der Waals surface area contributed by atoms with Crippen molar-refractivity contribution in [3.8, 4) is 0 Å². The lowest BCUT2D eigenvalue weighted by Gasteiger charge is -2.17. The van der Waals surface area contributed by atoms with Crippen LogP contribution < -0.4 is 5.01 Å². The van der Waals surface area contributed by atoms with E-state index < -0.39 is 11.8 Å². The van der Waals surface area contributed by atoms with Crippen LogP contribution in [0, 0.1) is 18.7 Å². The summed E-state index contributed by atoms with van der Waals surface area (Å²) >= 11 is 0. The van der Waals surface area contributed by atoms with Crippen LogP contribution >= 0.6 is 0 Å². The molecule has 0 aliphatic rings. The van der Waals surface area contributed by atoms with Gasteiger partial charge < -0.3 is 0 Å². The molecule has 0 aliphatic heterocycles. The Morgan fingerprint density at radius 2 is 2.06 bits per heavy atom. The zero-order chi connectivity index (χ0) is 12.6. The summed E-state index contributed by atoms with van der Waals surface area (Å²) in [5.74, 6) is -1.44. The van der Waals surface area contributed by atoms with E-state index in [0.717, 1.165) is 0 Å². The van der Waals surface area contributed by atoms with E-state index in [1.165, 1.54) is 17.1 Å². The summed E-state index contributed by atoms with van der Waals surface area (Å²) in [5, 5.41) is 5.49. The van der Waals surface area contributed by atoms with Gasteiger partial charge in [-0.05, 0) is 13.0 Å². The van der Waals surface area contributed by atoms with Crippen LogP contribution in [0.2, 0.25) is 0 Å². The number of hydrogen-bond donors (Lipinski definition) is 0. The second kappa shape index (κ2) is 4.08. The number of benzene rings is 1. The van der Waals surface area contributed by atoms with Crippen LogP contribution in [-0.2, 0) is 0 Å². The molecule has 0 unspecified atom stereocenters. The number of anilines is 1. The summed E-state index contributed by atoms with van der Waals surface area (Å²) < 4.78 is 27.2. The van der Waals surface area contributed by atoms with E-state index in [-0.39, 0.29) is 5.39 Å². The lowest BCUT2D eigenvalue weighted by atomic mass is 10.1. The number of rotatable bonds is 2. The first kappa shape index (κ1) is 11.4. The maximum Gasteiger partial charge on any atom is 0.224 e. The zero-order valence-electron chi connectivity index (χ0n) is 9.54. The van der Waals surface area contributed by atoms with E-state index in [1.807, 2.05) is 0 Å². The molecule has 5 heteroatoms. The highest BCUT2D eigenvalue weighted by Gasteiger charge is 2.16. The lowest BCUT2D eigenvalue weighted by molar-refractivity contribution is 0.576. The number of pyridine rings is 1. The molecule has 2 rings (SSSR count). The van der Waals surface area contributed by atoms with Crippen LogP contribution in [0.5, 0.6) is 0 Å². The average Bonchev–Trinajstić information content (AvgIpc) is 2.28. The molecule has 3 nitrogen and oxygen atoms in total. The van der Waals surface area contributed by atoms with Crippen LogP contribution in [0.4, 0.5) is 14.5 Å². The second-order valence-electron chi connectivity index (χ2n) is 3.66. The first-order chi connectivity index (χ1) is 8.06. The molecule has 1 aromatic heterocycles. The van der Waals surface area contributed by atoms with Gasteiger partial charge in [-0.1, -0.05) is 12.1 Å². The maximum absolute atomic E-state index is 13.6. The molecule has 0 aliphatic carbocycles. The number of nitrogens with zero attached hydrogens (tertiary/aromatic N) is 3. The van der Waals surface area contributed by atoms with E-state index in [0.29, 0.717) is 16.8 Å². The highest BCUT2D eigenvalue weighted by molar-refractivity contribution is 5.95. The third kappa shape index (κ3) is 1.73. The first-order valence-corrected chi connectivity index (χ1v) is 5.01. The van der Waals surface area contributed by atoms with Crippen LogP contribution in [-0.4, -0.2) is 18.7 Å². The monoisotopic (exact) mass is 235 g/mol. The number of hydrogen-bond acceptors (Lipinski definition) is 3. The molecule has 0 amide bonds. The molecule has 1 aromatic carbocycles. The molecule has 0 fully saturated rings. The molecule has 1 heterocycles. The van der Waals surface area contributed by atoms with Crippen molar-refractivity contribution in [3.63, 3.8) is 0 Å². The van der Waals surface area contributed by atoms with Gasteiger partial charge in [0, 0.05) is 19.2 Å². The first-order valence-electron chi connectivity index (χ1n) is 5.01. The highest BCUT2D eigenvalue weighted by Crippen LogP contribution is 2.31. The Bertz CT molecular complexity index is 596. The van der Waals surface area contributed by atoms with Gasteiger partial charge in [0.15, 0.2) is 0 Å². The third-order valence-electron chi connectivity index (χ3n) is 2.62. The van der Waals surface area contributed by atoms with Crippen molar-refractivity contribution < 1.29 is 8.78 Å². The van der Waals surface area contributed by atoms with Gasteiger partial charge in [-0.3, -0.25) is 5.01 Å².